The highest BCUT2D eigenvalue weighted by molar-refractivity contribution is 7.89. The highest BCUT2D eigenvalue weighted by Crippen LogP contribution is 2.22. The molecule has 9 nitrogen and oxygen atoms in total. The van der Waals surface area contributed by atoms with Crippen LogP contribution >= 0.6 is 0 Å². The van der Waals surface area contributed by atoms with Gasteiger partial charge in [-0.3, -0.25) is 14.3 Å². The number of nitrogens with two attached hydrogens (primary N) is 1. The summed E-state index contributed by atoms with van der Waals surface area (Å²) in [5, 5.41) is 8.02. The lowest BCUT2D eigenvalue weighted by molar-refractivity contribution is 0.0998. The monoisotopic (exact) mass is 491 g/mol. The van der Waals surface area contributed by atoms with Crippen LogP contribution in [0.15, 0.2) is 77.7 Å². The van der Waals surface area contributed by atoms with Crippen molar-refractivity contribution in [3.8, 4) is 0 Å². The Morgan fingerprint density at radius 3 is 2.29 bits per heavy atom. The summed E-state index contributed by atoms with van der Waals surface area (Å²) >= 11 is 0. The average Bonchev–Trinajstić information content (AvgIpc) is 3.22. The molecule has 0 saturated carbocycles. The van der Waals surface area contributed by atoms with Crippen LogP contribution in [0.5, 0.6) is 0 Å². The van der Waals surface area contributed by atoms with Crippen molar-refractivity contribution in [2.75, 3.05) is 18.9 Å². The molecule has 2 amide bonds. The van der Waals surface area contributed by atoms with Gasteiger partial charge in [0.15, 0.2) is 5.69 Å². The van der Waals surface area contributed by atoms with Gasteiger partial charge in [0, 0.05) is 30.2 Å². The summed E-state index contributed by atoms with van der Waals surface area (Å²) in [6.07, 6.45) is 0. The molecule has 10 heteroatoms. The number of primary amides is 1. The van der Waals surface area contributed by atoms with Gasteiger partial charge in [-0.25, -0.2) is 12.7 Å². The fourth-order valence-electron chi connectivity index (χ4n) is 3.61. The zero-order chi connectivity index (χ0) is 25.2. The van der Waals surface area contributed by atoms with Gasteiger partial charge in [0.1, 0.15) is 0 Å². The molecule has 0 atom stereocenters. The first kappa shape index (κ1) is 24.1. The molecular weight excluding hydrogens is 466 g/mol. The largest absolute Gasteiger partial charge is 0.366 e. The Morgan fingerprint density at radius 2 is 1.66 bits per heavy atom. The molecule has 1 heterocycles. The predicted octanol–water partition coefficient (Wildman–Crippen LogP) is 3.08. The average molecular weight is 492 g/mol. The number of carbonyl (C=O) groups is 2. The topological polar surface area (TPSA) is 127 Å². The van der Waals surface area contributed by atoms with Gasteiger partial charge in [-0.05, 0) is 48.0 Å². The second-order valence-electron chi connectivity index (χ2n) is 7.98. The van der Waals surface area contributed by atoms with Crippen LogP contribution in [-0.2, 0) is 16.6 Å². The molecule has 0 spiro atoms. The molecule has 1 aromatic heterocycles. The van der Waals surface area contributed by atoms with Crippen molar-refractivity contribution >= 4 is 38.4 Å². The number of carbonyl (C=O) groups excluding carboxylic acids is 2. The Bertz CT molecular complexity index is 1490. The summed E-state index contributed by atoms with van der Waals surface area (Å²) in [5.74, 6) is -0.938. The van der Waals surface area contributed by atoms with Crippen LogP contribution in [0.3, 0.4) is 0 Å². The minimum atomic E-state index is -3.53. The van der Waals surface area contributed by atoms with Crippen molar-refractivity contribution in [1.29, 1.82) is 0 Å². The number of nitrogens with zero attached hydrogens (tertiary/aromatic N) is 3. The van der Waals surface area contributed by atoms with E-state index in [4.69, 9.17) is 5.73 Å². The van der Waals surface area contributed by atoms with Crippen molar-refractivity contribution in [1.82, 2.24) is 14.1 Å². The van der Waals surface area contributed by atoms with Gasteiger partial charge in [0.05, 0.1) is 17.0 Å². The molecule has 0 aliphatic carbocycles. The molecule has 0 unspecified atom stereocenters. The molecule has 4 aromatic rings. The van der Waals surface area contributed by atoms with Crippen molar-refractivity contribution in [3.63, 3.8) is 0 Å². The smallest absolute Gasteiger partial charge is 0.276 e. The third-order valence-electron chi connectivity index (χ3n) is 5.71. The lowest BCUT2D eigenvalue weighted by Crippen LogP contribution is -2.26. The third kappa shape index (κ3) is 4.93. The van der Waals surface area contributed by atoms with E-state index in [1.54, 1.807) is 48.0 Å². The molecular formula is C25H25N5O4S. The van der Waals surface area contributed by atoms with E-state index in [0.717, 1.165) is 11.1 Å². The highest BCUT2D eigenvalue weighted by Gasteiger charge is 2.20. The molecule has 3 N–H and O–H groups in total. The molecule has 4 rings (SSSR count). The van der Waals surface area contributed by atoms with E-state index in [9.17, 15) is 18.0 Å². The van der Waals surface area contributed by atoms with Crippen molar-refractivity contribution in [3.05, 3.63) is 89.6 Å². The fourth-order valence-corrected chi connectivity index (χ4v) is 4.79. The van der Waals surface area contributed by atoms with Gasteiger partial charge < -0.3 is 11.1 Å². The number of nitrogens with one attached hydrogen (secondary N) is 1. The molecule has 35 heavy (non-hydrogen) atoms. The Kier molecular flexibility index (Phi) is 6.68. The number of amides is 2. The van der Waals surface area contributed by atoms with Gasteiger partial charge in [-0.2, -0.15) is 5.10 Å². The van der Waals surface area contributed by atoms with Crippen LogP contribution in [0.1, 0.15) is 33.3 Å². The van der Waals surface area contributed by atoms with Gasteiger partial charge in [-0.15, -0.1) is 0 Å². The number of hydrogen-bond donors (Lipinski definition) is 2. The maximum atomic E-state index is 13.0. The molecule has 180 valence electrons. The minimum Gasteiger partial charge on any atom is -0.366 e. The number of rotatable bonds is 8. The second kappa shape index (κ2) is 9.69. The minimum absolute atomic E-state index is 0.221. The van der Waals surface area contributed by atoms with Gasteiger partial charge >= 0.3 is 0 Å². The quantitative estimate of drug-likeness (QED) is 0.392. The maximum Gasteiger partial charge on any atom is 0.276 e. The molecule has 0 radical (unpaired) electrons. The molecule has 0 fully saturated rings. The van der Waals surface area contributed by atoms with Gasteiger partial charge in [0.25, 0.3) is 5.91 Å². The van der Waals surface area contributed by atoms with Crippen LogP contribution in [0.2, 0.25) is 0 Å². The van der Waals surface area contributed by atoms with Crippen LogP contribution in [0.25, 0.3) is 10.9 Å². The molecule has 0 aliphatic heterocycles. The maximum absolute atomic E-state index is 13.0. The summed E-state index contributed by atoms with van der Waals surface area (Å²) in [6.45, 7) is 2.51. The van der Waals surface area contributed by atoms with E-state index in [1.165, 1.54) is 23.5 Å². The number of fused-ring (bicyclic) bond motifs is 1. The first-order chi connectivity index (χ1) is 16.7. The normalized spacial score (nSPS) is 11.6. The summed E-state index contributed by atoms with van der Waals surface area (Å²) in [6, 6.07) is 20.3. The van der Waals surface area contributed by atoms with Crippen LogP contribution in [-0.4, -0.2) is 47.9 Å². The first-order valence-corrected chi connectivity index (χ1v) is 12.4. The van der Waals surface area contributed by atoms with E-state index in [-0.39, 0.29) is 10.6 Å². The third-order valence-corrected chi connectivity index (χ3v) is 7.66. The molecule has 0 saturated heterocycles. The molecule has 0 aliphatic rings. The number of anilines is 1. The lowest BCUT2D eigenvalue weighted by atomic mass is 10.1. The van der Waals surface area contributed by atoms with Crippen LogP contribution in [0, 0.1) is 0 Å². The molecule has 0 bridgehead atoms. The van der Waals surface area contributed by atoms with Gasteiger partial charge in [0.2, 0.25) is 15.9 Å². The first-order valence-electron chi connectivity index (χ1n) is 10.9. The zero-order valence-electron chi connectivity index (χ0n) is 19.3. The summed E-state index contributed by atoms with van der Waals surface area (Å²) in [7, 11) is -1.99. The van der Waals surface area contributed by atoms with E-state index >= 15 is 0 Å². The van der Waals surface area contributed by atoms with Gasteiger partial charge in [-0.1, -0.05) is 37.3 Å². The number of hydrogen-bond acceptors (Lipinski definition) is 5. The van der Waals surface area contributed by atoms with E-state index in [0.29, 0.717) is 29.7 Å². The fraction of sp³-hybridized carbons (Fsp3) is 0.160. The Balaban J connectivity index is 1.59. The van der Waals surface area contributed by atoms with Crippen LogP contribution < -0.4 is 11.1 Å². The van der Waals surface area contributed by atoms with Crippen LogP contribution in [0.4, 0.5) is 5.69 Å². The lowest BCUT2D eigenvalue weighted by Gasteiger charge is -2.15. The second-order valence-corrected chi connectivity index (χ2v) is 10.0. The van der Waals surface area contributed by atoms with E-state index < -0.39 is 21.8 Å². The number of para-hydroxylation sites is 1. The summed E-state index contributed by atoms with van der Waals surface area (Å²) < 4.78 is 28.1. The van der Waals surface area contributed by atoms with Crippen molar-refractivity contribution in [2.24, 2.45) is 5.73 Å². The summed E-state index contributed by atoms with van der Waals surface area (Å²) in [5.41, 5.74) is 7.97. The standard InChI is InChI=1S/C25H25N5O4S/c1-3-29(2)35(33,34)20-14-8-17(9-15-20)16-30-22-7-5-4-6-21(22)23(28-30)25(32)27-19-12-10-18(11-13-19)24(26)31/h4-15H,3,16H2,1-2H3,(H2,26,31)(H,27,32). The SMILES string of the molecule is CCN(C)S(=O)(=O)c1ccc(Cn2nc(C(=O)Nc3ccc(C(N)=O)cc3)c3ccccc32)cc1. The zero-order valence-corrected chi connectivity index (χ0v) is 20.1. The molecule has 3 aromatic carbocycles. The van der Waals surface area contributed by atoms with Crippen molar-refractivity contribution < 1.29 is 18.0 Å². The van der Waals surface area contributed by atoms with Crippen molar-refractivity contribution in [2.45, 2.75) is 18.4 Å². The summed E-state index contributed by atoms with van der Waals surface area (Å²) in [4.78, 5) is 24.5. The Hall–Kier alpha value is -4.02. The van der Waals surface area contributed by atoms with E-state index in [2.05, 4.69) is 10.4 Å². The predicted molar refractivity (Wildman–Crippen MR) is 134 cm³/mol. The Morgan fingerprint density at radius 1 is 1.00 bits per heavy atom. The number of benzene rings is 3. The highest BCUT2D eigenvalue weighted by atomic mass is 32.2. The number of sulfonamides is 1. The van der Waals surface area contributed by atoms with E-state index in [1.807, 2.05) is 24.3 Å². The number of aromatic nitrogens is 2. The Labute approximate surface area is 203 Å².